The smallest absolute Gasteiger partial charge is 0.323 e. The zero-order chi connectivity index (χ0) is 23.9. The number of rotatable bonds is 10. The van der Waals surface area contributed by atoms with Crippen LogP contribution in [-0.2, 0) is 10.1 Å². The summed E-state index contributed by atoms with van der Waals surface area (Å²) in [4.78, 5) is 0. The molecule has 0 aliphatic heterocycles. The number of halogens is 12. The van der Waals surface area contributed by atoms with E-state index in [1.54, 1.807) is 0 Å². The Balaban J connectivity index is 0. The molecule has 4 nitrogen and oxygen atoms in total. The highest BCUT2D eigenvalue weighted by molar-refractivity contribution is 7.86. The van der Waals surface area contributed by atoms with Crippen molar-refractivity contribution in [1.29, 1.82) is 0 Å². The lowest BCUT2D eigenvalue weighted by molar-refractivity contribution is -0.145. The summed E-state index contributed by atoms with van der Waals surface area (Å²) in [6, 6.07) is 0. The number of hydrogen-bond acceptors (Lipinski definition) is 3. The minimum Gasteiger partial charge on any atom is -0.323 e. The molecule has 0 aromatic rings. The Morgan fingerprint density at radius 3 is 1.24 bits per heavy atom. The summed E-state index contributed by atoms with van der Waals surface area (Å²) < 4.78 is 182. The first-order valence-electron chi connectivity index (χ1n) is 7.22. The van der Waals surface area contributed by atoms with Crippen LogP contribution < -0.4 is 5.32 Å². The van der Waals surface area contributed by atoms with Crippen LogP contribution in [0.5, 0.6) is 0 Å². The fourth-order valence-corrected chi connectivity index (χ4v) is 2.07. The predicted octanol–water partition coefficient (Wildman–Crippen LogP) is 3.27. The second-order valence-electron chi connectivity index (χ2n) is 5.41. The first-order valence-corrected chi connectivity index (χ1v) is 8.73. The first kappa shape index (κ1) is 30.2. The quantitative estimate of drug-likeness (QED) is 0.370. The Kier molecular flexibility index (Phi) is 12.5. The highest BCUT2D eigenvalue weighted by atomic mass is 32.2. The third-order valence-corrected chi connectivity index (χ3v) is 3.81. The van der Waals surface area contributed by atoms with Crippen molar-refractivity contribution >= 4 is 10.1 Å². The van der Waals surface area contributed by atoms with E-state index in [-0.39, 0.29) is 0 Å². The number of hydrogen-bond donors (Lipinski definition) is 2. The van der Waals surface area contributed by atoms with E-state index in [1.807, 2.05) is 14.1 Å². The van der Waals surface area contributed by atoms with Gasteiger partial charge in [0.2, 0.25) is 6.17 Å². The van der Waals surface area contributed by atoms with Crippen LogP contribution in [0.4, 0.5) is 52.7 Å². The van der Waals surface area contributed by atoms with Crippen molar-refractivity contribution in [3.63, 3.8) is 0 Å². The Morgan fingerprint density at radius 1 is 0.690 bits per heavy atom. The van der Waals surface area contributed by atoms with Gasteiger partial charge in [-0.2, -0.15) is 17.2 Å². The highest BCUT2D eigenvalue weighted by Crippen LogP contribution is 2.37. The topological polar surface area (TPSA) is 66.4 Å². The van der Waals surface area contributed by atoms with Crippen LogP contribution in [0.15, 0.2) is 0 Å². The molecule has 8 atom stereocenters. The van der Waals surface area contributed by atoms with Gasteiger partial charge in [-0.1, -0.05) is 0 Å². The van der Waals surface area contributed by atoms with Crippen LogP contribution in [0.3, 0.4) is 0 Å². The van der Waals surface area contributed by atoms with E-state index in [4.69, 9.17) is 4.55 Å². The molecule has 8 unspecified atom stereocenters. The monoisotopic (exact) mass is 483 g/mol. The summed E-state index contributed by atoms with van der Waals surface area (Å²) in [5.74, 6) is -6.01. The Bertz CT molecular complexity index is 568. The van der Waals surface area contributed by atoms with Crippen LogP contribution in [-0.4, -0.2) is 88.1 Å². The Morgan fingerprint density at radius 2 is 0.966 bits per heavy atom. The lowest BCUT2D eigenvalue weighted by atomic mass is 9.97. The van der Waals surface area contributed by atoms with Crippen LogP contribution >= 0.6 is 0 Å². The molecule has 0 spiro atoms. The summed E-state index contributed by atoms with van der Waals surface area (Å²) in [6.07, 6.45) is -34.6. The molecule has 0 aliphatic carbocycles. The molecule has 0 aromatic heterocycles. The van der Waals surface area contributed by atoms with E-state index in [1.165, 1.54) is 0 Å². The summed E-state index contributed by atoms with van der Waals surface area (Å²) >= 11 is 0. The van der Waals surface area contributed by atoms with E-state index in [0.29, 0.717) is 0 Å². The highest BCUT2D eigenvalue weighted by Gasteiger charge is 2.60. The maximum Gasteiger partial charge on any atom is 0.328 e. The second kappa shape index (κ2) is 12.0. The molecule has 0 rings (SSSR count). The van der Waals surface area contributed by atoms with E-state index >= 15 is 0 Å². The van der Waals surface area contributed by atoms with Gasteiger partial charge >= 0.3 is 16.0 Å². The van der Waals surface area contributed by atoms with E-state index in [2.05, 4.69) is 5.32 Å². The Hall–Kier alpha value is -0.970. The van der Waals surface area contributed by atoms with Gasteiger partial charge < -0.3 is 5.32 Å². The molecule has 0 amide bonds. The minimum absolute atomic E-state index is 1.88. The van der Waals surface area contributed by atoms with E-state index in [9.17, 15) is 61.1 Å². The summed E-state index contributed by atoms with van der Waals surface area (Å²) in [6.45, 7) is 0. The molecule has 0 aromatic carbocycles. The van der Waals surface area contributed by atoms with Crippen molar-refractivity contribution in [1.82, 2.24) is 5.32 Å². The summed E-state index contributed by atoms with van der Waals surface area (Å²) in [5.41, 5.74) is -4.84. The normalized spacial score (nSPS) is 21.2. The van der Waals surface area contributed by atoms with Crippen molar-refractivity contribution in [3.8, 4) is 0 Å². The molecule has 178 valence electrons. The maximum absolute atomic E-state index is 13.2. The van der Waals surface area contributed by atoms with Gasteiger partial charge in [0.25, 0.3) is 11.9 Å². The zero-order valence-electron chi connectivity index (χ0n) is 14.4. The van der Waals surface area contributed by atoms with Gasteiger partial charge in [0.15, 0.2) is 37.0 Å². The van der Waals surface area contributed by atoms with Gasteiger partial charge in [-0.25, -0.2) is 43.9 Å². The minimum atomic E-state index is -6.34. The van der Waals surface area contributed by atoms with Crippen molar-refractivity contribution in [3.05, 3.63) is 0 Å². The number of nitrogens with one attached hydrogen (secondary N) is 1. The molecule has 2 N–H and O–H groups in total. The first-order chi connectivity index (χ1) is 12.9. The molecule has 0 radical (unpaired) electrons. The zero-order valence-corrected chi connectivity index (χ0v) is 15.2. The van der Waals surface area contributed by atoms with Gasteiger partial charge in [0, 0.05) is 0 Å². The van der Waals surface area contributed by atoms with Crippen molar-refractivity contribution < 1.29 is 65.7 Å². The van der Waals surface area contributed by atoms with E-state index in [0.717, 1.165) is 0 Å². The molecular formula is C12H17F12NO3S. The fraction of sp³-hybridized carbons (Fsp3) is 1.00. The molecular weight excluding hydrogens is 466 g/mol. The lowest BCUT2D eigenvalue weighted by Gasteiger charge is -2.28. The molecule has 0 bridgehead atoms. The SMILES string of the molecule is CNC.O=S(=O)(O)C(F)C(F)(F)C(F)C(F)C(F)C(F)C(F)C(F)C(F)C(F)F. The van der Waals surface area contributed by atoms with Crippen LogP contribution in [0, 0.1) is 0 Å². The average Bonchev–Trinajstić information content (AvgIpc) is 2.62. The third kappa shape index (κ3) is 8.35. The molecule has 0 fully saturated rings. The lowest BCUT2D eigenvalue weighted by Crippen LogP contribution is -2.53. The van der Waals surface area contributed by atoms with Crippen molar-refractivity contribution in [2.45, 2.75) is 61.1 Å². The average molecular weight is 483 g/mol. The fourth-order valence-electron chi connectivity index (χ4n) is 1.54. The molecule has 0 aliphatic rings. The van der Waals surface area contributed by atoms with E-state index < -0.39 is 71.2 Å². The predicted molar refractivity (Wildman–Crippen MR) is 76.7 cm³/mol. The maximum atomic E-state index is 13.2. The summed E-state index contributed by atoms with van der Waals surface area (Å²) in [7, 11) is -2.59. The van der Waals surface area contributed by atoms with Crippen LogP contribution in [0.1, 0.15) is 0 Å². The standard InChI is InChI=1S/C10H10F12O3S.C2H7N/c11-1(2(12)4(14)6(16)8(18)19)3(13)5(15)7(17)10(21,22)9(20)26(23,24)25;1-3-2/h1-9H,(H,23,24,25);3H,1-2H3. The molecule has 0 saturated heterocycles. The van der Waals surface area contributed by atoms with Crippen LogP contribution in [0.25, 0.3) is 0 Å². The van der Waals surface area contributed by atoms with Gasteiger partial charge in [-0.15, -0.1) is 0 Å². The van der Waals surface area contributed by atoms with Gasteiger partial charge in [-0.3, -0.25) is 4.55 Å². The second-order valence-corrected chi connectivity index (χ2v) is 6.85. The largest absolute Gasteiger partial charge is 0.328 e. The van der Waals surface area contributed by atoms with Crippen molar-refractivity contribution in [2.24, 2.45) is 0 Å². The van der Waals surface area contributed by atoms with Gasteiger partial charge in [-0.05, 0) is 14.1 Å². The molecule has 29 heavy (non-hydrogen) atoms. The molecule has 17 heteroatoms. The Labute approximate surface area is 157 Å². The van der Waals surface area contributed by atoms with Gasteiger partial charge in [0.05, 0.1) is 0 Å². The third-order valence-electron chi connectivity index (χ3n) is 2.97. The summed E-state index contributed by atoms with van der Waals surface area (Å²) in [5, 5.41) is 2.75. The molecule has 0 saturated carbocycles. The number of alkyl halides is 12. The van der Waals surface area contributed by atoms with Crippen molar-refractivity contribution in [2.75, 3.05) is 14.1 Å². The molecule has 0 heterocycles. The van der Waals surface area contributed by atoms with Gasteiger partial charge in [0.1, 0.15) is 0 Å². The van der Waals surface area contributed by atoms with Crippen LogP contribution in [0.2, 0.25) is 0 Å².